The summed E-state index contributed by atoms with van der Waals surface area (Å²) in [5, 5.41) is 4.45. The molecule has 1 saturated carbocycles. The van der Waals surface area contributed by atoms with Crippen molar-refractivity contribution in [2.45, 2.75) is 58.0 Å². The van der Waals surface area contributed by atoms with Gasteiger partial charge in [-0.15, -0.1) is 0 Å². The molecule has 2 aliphatic rings. The zero-order chi connectivity index (χ0) is 20.4. The quantitative estimate of drug-likeness (QED) is 0.619. The molecule has 0 radical (unpaired) electrons. The standard InChI is InChI=1S/C22H28N6O/c1-4-18-21(29)27(3)19-14-23-22(24-20(19)28(18)17-12-8-9-13-17)26-25-15(2)16-10-6-5-7-11-16/h5-7,10-11,14,17-18H,4,8-9,12-13H2,1-3H3,(H,23,24,26)/b25-15+. The van der Waals surface area contributed by atoms with Crippen molar-refractivity contribution in [3.8, 4) is 0 Å². The molecule has 1 aliphatic carbocycles. The molecule has 7 nitrogen and oxygen atoms in total. The van der Waals surface area contributed by atoms with Crippen molar-refractivity contribution >= 4 is 29.1 Å². The van der Waals surface area contributed by atoms with Crippen molar-refractivity contribution in [3.05, 3.63) is 42.1 Å². The first-order chi connectivity index (χ1) is 14.1. The van der Waals surface area contributed by atoms with E-state index >= 15 is 0 Å². The summed E-state index contributed by atoms with van der Waals surface area (Å²) in [5.74, 6) is 1.39. The molecule has 1 N–H and O–H groups in total. The average Bonchev–Trinajstić information content (AvgIpc) is 3.29. The largest absolute Gasteiger partial charge is 0.340 e. The summed E-state index contributed by atoms with van der Waals surface area (Å²) in [7, 11) is 1.81. The van der Waals surface area contributed by atoms with Crippen molar-refractivity contribution in [2.24, 2.45) is 5.10 Å². The van der Waals surface area contributed by atoms with Crippen LogP contribution in [0.25, 0.3) is 0 Å². The highest BCUT2D eigenvalue weighted by atomic mass is 16.2. The average molecular weight is 393 g/mol. The fourth-order valence-electron chi connectivity index (χ4n) is 4.31. The van der Waals surface area contributed by atoms with Crippen LogP contribution in [0.15, 0.2) is 41.6 Å². The van der Waals surface area contributed by atoms with E-state index in [0.29, 0.717) is 12.0 Å². The van der Waals surface area contributed by atoms with Crippen molar-refractivity contribution < 1.29 is 4.79 Å². The van der Waals surface area contributed by atoms with Crippen LogP contribution in [-0.4, -0.2) is 40.7 Å². The van der Waals surface area contributed by atoms with E-state index in [1.54, 1.807) is 11.1 Å². The minimum atomic E-state index is -0.173. The van der Waals surface area contributed by atoms with Crippen LogP contribution in [0.4, 0.5) is 17.5 Å². The third-order valence-electron chi connectivity index (χ3n) is 5.93. The summed E-state index contributed by atoms with van der Waals surface area (Å²) in [6, 6.07) is 10.2. The molecule has 152 valence electrons. The topological polar surface area (TPSA) is 73.7 Å². The van der Waals surface area contributed by atoms with Crippen LogP contribution in [-0.2, 0) is 4.79 Å². The molecule has 1 amide bonds. The maximum absolute atomic E-state index is 12.9. The molecular formula is C22H28N6O. The predicted molar refractivity (Wildman–Crippen MR) is 117 cm³/mol. The number of hydrogen-bond acceptors (Lipinski definition) is 6. The van der Waals surface area contributed by atoms with Crippen molar-refractivity contribution in [2.75, 3.05) is 22.3 Å². The zero-order valence-electron chi connectivity index (χ0n) is 17.3. The summed E-state index contributed by atoms with van der Waals surface area (Å²) in [5.41, 5.74) is 5.67. The van der Waals surface area contributed by atoms with Crippen LogP contribution in [0.2, 0.25) is 0 Å². The number of aromatic nitrogens is 2. The van der Waals surface area contributed by atoms with Gasteiger partial charge in [-0.3, -0.25) is 4.79 Å². The van der Waals surface area contributed by atoms with Gasteiger partial charge >= 0.3 is 0 Å². The van der Waals surface area contributed by atoms with Gasteiger partial charge in [-0.25, -0.2) is 10.4 Å². The van der Waals surface area contributed by atoms with Crippen LogP contribution in [0.1, 0.15) is 51.5 Å². The Morgan fingerprint density at radius 3 is 2.66 bits per heavy atom. The van der Waals surface area contributed by atoms with Crippen LogP contribution in [0.3, 0.4) is 0 Å². The van der Waals surface area contributed by atoms with E-state index in [9.17, 15) is 4.79 Å². The second-order valence-electron chi connectivity index (χ2n) is 7.74. The number of likely N-dealkylation sites (N-methyl/N-ethyl adjacent to an activating group) is 1. The molecule has 1 aromatic carbocycles. The number of hydrazone groups is 1. The molecule has 4 rings (SSSR count). The van der Waals surface area contributed by atoms with Crippen LogP contribution < -0.4 is 15.2 Å². The molecule has 1 fully saturated rings. The van der Waals surface area contributed by atoms with E-state index < -0.39 is 0 Å². The van der Waals surface area contributed by atoms with Crippen LogP contribution >= 0.6 is 0 Å². The van der Waals surface area contributed by atoms with Gasteiger partial charge in [0.25, 0.3) is 0 Å². The van der Waals surface area contributed by atoms with Gasteiger partial charge in [0.2, 0.25) is 11.9 Å². The number of fused-ring (bicyclic) bond motifs is 1. The molecule has 0 bridgehead atoms. The first kappa shape index (κ1) is 19.4. The number of hydrogen-bond donors (Lipinski definition) is 1. The molecule has 2 aromatic rings. The summed E-state index contributed by atoms with van der Waals surface area (Å²) in [6.45, 7) is 4.02. The maximum atomic E-state index is 12.9. The van der Waals surface area contributed by atoms with Crippen molar-refractivity contribution in [1.82, 2.24) is 9.97 Å². The molecule has 2 heterocycles. The Labute approximate surface area is 171 Å². The monoisotopic (exact) mass is 392 g/mol. The first-order valence-corrected chi connectivity index (χ1v) is 10.4. The predicted octanol–water partition coefficient (Wildman–Crippen LogP) is 3.82. The number of carbonyl (C=O) groups excluding carboxylic acids is 1. The van der Waals surface area contributed by atoms with Crippen LogP contribution in [0, 0.1) is 0 Å². The van der Waals surface area contributed by atoms with Gasteiger partial charge in [0.1, 0.15) is 11.7 Å². The third kappa shape index (κ3) is 3.69. The van der Waals surface area contributed by atoms with E-state index in [0.717, 1.165) is 42.0 Å². The Balaban J connectivity index is 1.66. The highest BCUT2D eigenvalue weighted by Crippen LogP contribution is 2.39. The maximum Gasteiger partial charge on any atom is 0.249 e. The Kier molecular flexibility index (Phi) is 5.47. The van der Waals surface area contributed by atoms with Gasteiger partial charge in [-0.1, -0.05) is 50.1 Å². The fraction of sp³-hybridized carbons (Fsp3) is 0.455. The zero-order valence-corrected chi connectivity index (χ0v) is 17.3. The van der Waals surface area contributed by atoms with Crippen molar-refractivity contribution in [1.29, 1.82) is 0 Å². The number of rotatable bonds is 5. The fourth-order valence-corrected chi connectivity index (χ4v) is 4.31. The number of nitrogens with zero attached hydrogens (tertiary/aromatic N) is 5. The third-order valence-corrected chi connectivity index (χ3v) is 5.93. The lowest BCUT2D eigenvalue weighted by Crippen LogP contribution is -2.55. The van der Waals surface area contributed by atoms with E-state index in [4.69, 9.17) is 4.98 Å². The second-order valence-corrected chi connectivity index (χ2v) is 7.74. The molecule has 0 spiro atoms. The smallest absolute Gasteiger partial charge is 0.249 e. The molecule has 1 aromatic heterocycles. The number of amides is 1. The van der Waals surface area contributed by atoms with Gasteiger partial charge in [0.15, 0.2) is 5.82 Å². The molecule has 1 atom stereocenters. The number of benzene rings is 1. The number of carbonyl (C=O) groups is 1. The van der Waals surface area contributed by atoms with E-state index in [-0.39, 0.29) is 11.9 Å². The van der Waals surface area contributed by atoms with Gasteiger partial charge < -0.3 is 9.80 Å². The lowest BCUT2D eigenvalue weighted by atomic mass is 10.0. The molecule has 1 aliphatic heterocycles. The molecular weight excluding hydrogens is 364 g/mol. The van der Waals surface area contributed by atoms with Gasteiger partial charge in [-0.05, 0) is 31.7 Å². The van der Waals surface area contributed by atoms with Gasteiger partial charge in [0, 0.05) is 13.1 Å². The minimum Gasteiger partial charge on any atom is -0.340 e. The summed E-state index contributed by atoms with van der Waals surface area (Å²) in [4.78, 5) is 26.1. The summed E-state index contributed by atoms with van der Waals surface area (Å²) in [6.07, 6.45) is 7.10. The molecule has 0 saturated heterocycles. The van der Waals surface area contributed by atoms with Gasteiger partial charge in [0.05, 0.1) is 11.9 Å². The van der Waals surface area contributed by atoms with Crippen LogP contribution in [0.5, 0.6) is 0 Å². The number of nitrogens with one attached hydrogen (secondary N) is 1. The molecule has 1 unspecified atom stereocenters. The highest BCUT2D eigenvalue weighted by molar-refractivity contribution is 6.04. The SMILES string of the molecule is CCC1C(=O)N(C)c2cnc(N/N=C(\C)c3ccccc3)nc2N1C1CCCC1. The second kappa shape index (κ2) is 8.19. The normalized spacial score (nSPS) is 20.2. The van der Waals surface area contributed by atoms with E-state index in [1.165, 1.54) is 12.8 Å². The number of anilines is 3. The Bertz CT molecular complexity index is 907. The molecule has 7 heteroatoms. The van der Waals surface area contributed by atoms with Gasteiger partial charge in [-0.2, -0.15) is 10.1 Å². The van der Waals surface area contributed by atoms with E-state index in [2.05, 4.69) is 27.3 Å². The Morgan fingerprint density at radius 1 is 1.24 bits per heavy atom. The Morgan fingerprint density at radius 2 is 1.97 bits per heavy atom. The Hall–Kier alpha value is -2.96. The van der Waals surface area contributed by atoms with E-state index in [1.807, 2.05) is 44.3 Å². The summed E-state index contributed by atoms with van der Waals surface area (Å²) < 4.78 is 0. The van der Waals surface area contributed by atoms with Crippen molar-refractivity contribution in [3.63, 3.8) is 0 Å². The minimum absolute atomic E-state index is 0.120. The highest BCUT2D eigenvalue weighted by Gasteiger charge is 2.41. The summed E-state index contributed by atoms with van der Waals surface area (Å²) >= 11 is 0. The lowest BCUT2D eigenvalue weighted by Gasteiger charge is -2.43. The molecule has 29 heavy (non-hydrogen) atoms. The lowest BCUT2D eigenvalue weighted by molar-refractivity contribution is -0.120. The first-order valence-electron chi connectivity index (χ1n) is 10.4.